The summed E-state index contributed by atoms with van der Waals surface area (Å²) < 4.78 is 0. The molecule has 1 aromatic carbocycles. The first kappa shape index (κ1) is 16.0. The van der Waals surface area contributed by atoms with Crippen molar-refractivity contribution in [2.75, 3.05) is 13.1 Å². The Hall–Kier alpha value is -1.35. The Morgan fingerprint density at radius 2 is 1.81 bits per heavy atom. The second-order valence-corrected chi connectivity index (χ2v) is 7.04. The number of carbonyl (C=O) groups excluding carboxylic acids is 1. The fourth-order valence-electron chi connectivity index (χ4n) is 2.75. The summed E-state index contributed by atoms with van der Waals surface area (Å²) in [5.74, 6) is 0.179. The number of hydrogen-bond acceptors (Lipinski definition) is 2. The van der Waals surface area contributed by atoms with Gasteiger partial charge in [0.15, 0.2) is 0 Å². The van der Waals surface area contributed by atoms with Gasteiger partial charge in [-0.1, -0.05) is 51.5 Å². The van der Waals surface area contributed by atoms with Crippen LogP contribution in [0.1, 0.15) is 63.7 Å². The van der Waals surface area contributed by atoms with Gasteiger partial charge in [-0.2, -0.15) is 0 Å². The number of nitrogens with zero attached hydrogens (tertiary/aromatic N) is 1. The van der Waals surface area contributed by atoms with Crippen LogP contribution in [-0.2, 0) is 10.2 Å². The lowest BCUT2D eigenvalue weighted by Crippen LogP contribution is -2.34. The molecule has 0 spiro atoms. The molecule has 1 N–H and O–H groups in total. The highest BCUT2D eigenvalue weighted by atomic mass is 16.3. The van der Waals surface area contributed by atoms with E-state index in [1.807, 2.05) is 17.0 Å². The molecule has 0 saturated carbocycles. The molecule has 21 heavy (non-hydrogen) atoms. The molecule has 2 rings (SSSR count). The van der Waals surface area contributed by atoms with E-state index in [1.165, 1.54) is 5.56 Å². The molecule has 3 nitrogen and oxygen atoms in total. The Bertz CT molecular complexity index is 473. The maximum Gasteiger partial charge on any atom is 0.222 e. The van der Waals surface area contributed by atoms with Crippen LogP contribution in [0, 0.1) is 0 Å². The molecule has 1 aliphatic heterocycles. The van der Waals surface area contributed by atoms with E-state index in [0.29, 0.717) is 13.0 Å². The van der Waals surface area contributed by atoms with Crippen LogP contribution in [0.3, 0.4) is 0 Å². The fourth-order valence-corrected chi connectivity index (χ4v) is 2.75. The van der Waals surface area contributed by atoms with Crippen LogP contribution in [0.5, 0.6) is 0 Å². The van der Waals surface area contributed by atoms with Crippen molar-refractivity contribution < 1.29 is 9.90 Å². The predicted molar refractivity (Wildman–Crippen MR) is 85.1 cm³/mol. The van der Waals surface area contributed by atoms with Crippen molar-refractivity contribution in [2.45, 2.75) is 58.0 Å². The van der Waals surface area contributed by atoms with Gasteiger partial charge in [0.05, 0.1) is 12.6 Å². The molecule has 1 aromatic rings. The van der Waals surface area contributed by atoms with Crippen LogP contribution < -0.4 is 0 Å². The first-order valence-electron chi connectivity index (χ1n) is 7.94. The molecule has 1 fully saturated rings. The number of aliphatic hydroxyl groups is 1. The first-order valence-corrected chi connectivity index (χ1v) is 7.94. The van der Waals surface area contributed by atoms with E-state index >= 15 is 0 Å². The van der Waals surface area contributed by atoms with Crippen molar-refractivity contribution in [2.24, 2.45) is 0 Å². The third-order valence-corrected chi connectivity index (χ3v) is 4.23. The average Bonchev–Trinajstić information content (AvgIpc) is 2.63. The number of likely N-dealkylation sites (tertiary alicyclic amines) is 1. The minimum Gasteiger partial charge on any atom is -0.387 e. The molecule has 0 radical (unpaired) electrons. The van der Waals surface area contributed by atoms with Crippen LogP contribution in [0.2, 0.25) is 0 Å². The number of rotatable bonds is 3. The SMILES string of the molecule is CC(C)(C)c1ccc(C(O)CN2CCCCCC2=O)cc1. The zero-order valence-corrected chi connectivity index (χ0v) is 13.4. The molecule has 1 unspecified atom stereocenters. The van der Waals surface area contributed by atoms with Gasteiger partial charge in [0.25, 0.3) is 0 Å². The van der Waals surface area contributed by atoms with Crippen molar-refractivity contribution >= 4 is 5.91 Å². The summed E-state index contributed by atoms with van der Waals surface area (Å²) in [6.07, 6.45) is 3.16. The highest BCUT2D eigenvalue weighted by Crippen LogP contribution is 2.24. The van der Waals surface area contributed by atoms with Crippen molar-refractivity contribution in [3.8, 4) is 0 Å². The normalized spacial score (nSPS) is 18.5. The van der Waals surface area contributed by atoms with E-state index in [2.05, 4.69) is 32.9 Å². The number of carbonyl (C=O) groups is 1. The van der Waals surface area contributed by atoms with Gasteiger partial charge in [0, 0.05) is 13.0 Å². The minimum atomic E-state index is -0.596. The summed E-state index contributed by atoms with van der Waals surface area (Å²) in [7, 11) is 0. The molecular weight excluding hydrogens is 262 g/mol. The summed E-state index contributed by atoms with van der Waals surface area (Å²) in [6.45, 7) is 7.71. The largest absolute Gasteiger partial charge is 0.387 e. The minimum absolute atomic E-state index is 0.115. The van der Waals surface area contributed by atoms with Crippen LogP contribution in [0.25, 0.3) is 0 Å². The van der Waals surface area contributed by atoms with Gasteiger partial charge in [0.2, 0.25) is 5.91 Å². The van der Waals surface area contributed by atoms with Gasteiger partial charge in [-0.15, -0.1) is 0 Å². The fraction of sp³-hybridized carbons (Fsp3) is 0.611. The zero-order chi connectivity index (χ0) is 15.5. The molecule has 1 aliphatic rings. The number of amides is 1. The molecule has 1 saturated heterocycles. The maximum atomic E-state index is 12.0. The van der Waals surface area contributed by atoms with Crippen molar-refractivity contribution in [3.05, 3.63) is 35.4 Å². The number of hydrogen-bond donors (Lipinski definition) is 1. The zero-order valence-electron chi connectivity index (χ0n) is 13.4. The molecule has 3 heteroatoms. The third-order valence-electron chi connectivity index (χ3n) is 4.23. The molecule has 0 bridgehead atoms. The number of benzene rings is 1. The maximum absolute atomic E-state index is 12.0. The topological polar surface area (TPSA) is 40.5 Å². The number of β-amino-alcohol motifs (C(OH)–C–C–N with tert-alkyl or cyclic N) is 1. The van der Waals surface area contributed by atoms with Gasteiger partial charge in [-0.3, -0.25) is 4.79 Å². The van der Waals surface area contributed by atoms with Crippen molar-refractivity contribution in [3.63, 3.8) is 0 Å². The van der Waals surface area contributed by atoms with Gasteiger partial charge >= 0.3 is 0 Å². The van der Waals surface area contributed by atoms with Crippen LogP contribution in [0.4, 0.5) is 0 Å². The summed E-state index contributed by atoms with van der Waals surface area (Å²) in [5.41, 5.74) is 2.26. The predicted octanol–water partition coefficient (Wildman–Crippen LogP) is 3.42. The molecule has 0 aromatic heterocycles. The lowest BCUT2D eigenvalue weighted by Gasteiger charge is -2.25. The lowest BCUT2D eigenvalue weighted by atomic mass is 9.86. The van der Waals surface area contributed by atoms with Crippen LogP contribution in [0.15, 0.2) is 24.3 Å². The lowest BCUT2D eigenvalue weighted by molar-refractivity contribution is -0.132. The second kappa shape index (κ2) is 6.61. The van der Waals surface area contributed by atoms with Gasteiger partial charge in [0.1, 0.15) is 0 Å². The smallest absolute Gasteiger partial charge is 0.222 e. The number of aliphatic hydroxyl groups excluding tert-OH is 1. The summed E-state index contributed by atoms with van der Waals surface area (Å²) in [4.78, 5) is 13.8. The van der Waals surface area contributed by atoms with E-state index in [1.54, 1.807) is 0 Å². The molecule has 1 heterocycles. The van der Waals surface area contributed by atoms with Gasteiger partial charge < -0.3 is 10.0 Å². The van der Waals surface area contributed by atoms with Crippen molar-refractivity contribution in [1.29, 1.82) is 0 Å². The average molecular weight is 289 g/mol. The Labute approximate surface area is 128 Å². The standard InChI is InChI=1S/C18H27NO2/c1-18(2,3)15-10-8-14(9-11-15)16(20)13-19-12-6-4-5-7-17(19)21/h8-11,16,20H,4-7,12-13H2,1-3H3. The van der Waals surface area contributed by atoms with Crippen LogP contribution in [-0.4, -0.2) is 29.0 Å². The van der Waals surface area contributed by atoms with Gasteiger partial charge in [-0.05, 0) is 29.4 Å². The Kier molecular flexibility index (Phi) is 5.04. The Balaban J connectivity index is 2.02. The second-order valence-electron chi connectivity index (χ2n) is 7.04. The van der Waals surface area contributed by atoms with E-state index in [4.69, 9.17) is 0 Å². The molecular formula is C18H27NO2. The molecule has 1 amide bonds. The monoisotopic (exact) mass is 289 g/mol. The first-order chi connectivity index (χ1) is 9.88. The highest BCUT2D eigenvalue weighted by Gasteiger charge is 2.21. The van der Waals surface area contributed by atoms with E-state index in [9.17, 15) is 9.90 Å². The van der Waals surface area contributed by atoms with E-state index in [-0.39, 0.29) is 11.3 Å². The van der Waals surface area contributed by atoms with E-state index in [0.717, 1.165) is 31.4 Å². The molecule has 0 aliphatic carbocycles. The van der Waals surface area contributed by atoms with Gasteiger partial charge in [-0.25, -0.2) is 0 Å². The highest BCUT2D eigenvalue weighted by molar-refractivity contribution is 5.76. The van der Waals surface area contributed by atoms with E-state index < -0.39 is 6.10 Å². The van der Waals surface area contributed by atoms with Crippen molar-refractivity contribution in [1.82, 2.24) is 4.90 Å². The summed E-state index contributed by atoms with van der Waals surface area (Å²) in [5, 5.41) is 10.4. The third kappa shape index (κ3) is 4.31. The molecule has 116 valence electrons. The Morgan fingerprint density at radius 3 is 2.43 bits per heavy atom. The summed E-state index contributed by atoms with van der Waals surface area (Å²) in [6, 6.07) is 8.10. The molecule has 1 atom stereocenters. The quantitative estimate of drug-likeness (QED) is 0.926. The summed E-state index contributed by atoms with van der Waals surface area (Å²) >= 11 is 0. The Morgan fingerprint density at radius 1 is 1.14 bits per heavy atom. The van der Waals surface area contributed by atoms with Crippen LogP contribution >= 0.6 is 0 Å².